The Bertz CT molecular complexity index is 1160. The summed E-state index contributed by atoms with van der Waals surface area (Å²) >= 11 is 0. The lowest BCUT2D eigenvalue weighted by Gasteiger charge is -2.30. The van der Waals surface area contributed by atoms with E-state index in [4.69, 9.17) is 24.7 Å². The van der Waals surface area contributed by atoms with Gasteiger partial charge in [0.1, 0.15) is 0 Å². The van der Waals surface area contributed by atoms with Crippen molar-refractivity contribution in [3.05, 3.63) is 46.3 Å². The van der Waals surface area contributed by atoms with Crippen LogP contribution in [0.2, 0.25) is 0 Å². The van der Waals surface area contributed by atoms with Gasteiger partial charge in [0.2, 0.25) is 11.6 Å². The Morgan fingerprint density at radius 3 is 2.40 bits per heavy atom. The number of Topliss-reactive ketones (excluding diaryl/α,β-unsaturated/α-hetero) is 1. The Hall–Kier alpha value is -3.32. The molecule has 0 aromatic rings. The molecule has 12 heteroatoms. The van der Waals surface area contributed by atoms with Gasteiger partial charge in [0.05, 0.1) is 36.3 Å². The lowest BCUT2D eigenvalue weighted by Crippen LogP contribution is -2.38. The number of nitrogens with one attached hydrogen (secondary N) is 2. The van der Waals surface area contributed by atoms with Crippen LogP contribution in [0.15, 0.2) is 46.3 Å². The zero-order valence-electron chi connectivity index (χ0n) is 26.2. The standard InChI is InChI=1S/C31H47N3O9/c1-17-13-21-26(33-11-12-40-5)23(35)16-22(28(21)37)34-30(38)18(2)9-8-10-24(41-6)29(43-31(32)39)20(4)15-19(3)27(36)25(14-17)42-7/h9,15-17,19,24-25,27,29,33,36H,8,10-14H2,1-7H3,(H2,32,39)(H,34,38)/b18-9+,20-15+/t17-,19+,24+,25+,27-,29+/m1/s1. The van der Waals surface area contributed by atoms with Gasteiger partial charge in [0.15, 0.2) is 6.10 Å². The van der Waals surface area contributed by atoms with E-state index >= 15 is 0 Å². The van der Waals surface area contributed by atoms with E-state index in [-0.39, 0.29) is 29.3 Å². The van der Waals surface area contributed by atoms with Crippen molar-refractivity contribution >= 4 is 23.6 Å². The number of allylic oxidation sites excluding steroid dienone is 3. The molecule has 12 nitrogen and oxygen atoms in total. The largest absolute Gasteiger partial charge is 0.439 e. The van der Waals surface area contributed by atoms with Crippen molar-refractivity contribution in [2.45, 2.75) is 77.8 Å². The van der Waals surface area contributed by atoms with Crippen molar-refractivity contribution < 1.29 is 43.2 Å². The maximum Gasteiger partial charge on any atom is 0.405 e. The first-order valence-electron chi connectivity index (χ1n) is 14.5. The van der Waals surface area contributed by atoms with E-state index in [1.54, 1.807) is 26.0 Å². The normalized spacial score (nSPS) is 30.9. The average Bonchev–Trinajstić information content (AvgIpc) is 2.95. The Balaban J connectivity index is 2.55. The maximum atomic E-state index is 13.6. The number of methoxy groups -OCH3 is 3. The smallest absolute Gasteiger partial charge is 0.405 e. The summed E-state index contributed by atoms with van der Waals surface area (Å²) in [5.74, 6) is -2.04. The number of fused-ring (bicyclic) bond motifs is 2. The van der Waals surface area contributed by atoms with Crippen molar-refractivity contribution in [2.24, 2.45) is 17.6 Å². The Morgan fingerprint density at radius 2 is 1.79 bits per heavy atom. The molecule has 0 fully saturated rings. The molecule has 1 aliphatic heterocycles. The molecule has 5 N–H and O–H groups in total. The molecule has 0 saturated carbocycles. The molecule has 1 aliphatic carbocycles. The van der Waals surface area contributed by atoms with Gasteiger partial charge in [-0.15, -0.1) is 0 Å². The second-order valence-corrected chi connectivity index (χ2v) is 11.2. The van der Waals surface area contributed by atoms with Crippen LogP contribution < -0.4 is 16.4 Å². The van der Waals surface area contributed by atoms with Gasteiger partial charge >= 0.3 is 6.09 Å². The zero-order chi connectivity index (χ0) is 32.3. The van der Waals surface area contributed by atoms with Gasteiger partial charge in [-0.05, 0) is 51.0 Å². The first kappa shape index (κ1) is 35.9. The monoisotopic (exact) mass is 605 g/mol. The predicted octanol–water partition coefficient (Wildman–Crippen LogP) is 2.22. The number of aliphatic hydroxyl groups is 1. The second-order valence-electron chi connectivity index (χ2n) is 11.2. The van der Waals surface area contributed by atoms with Crippen molar-refractivity contribution in [1.29, 1.82) is 0 Å². The Kier molecular flexibility index (Phi) is 14.3. The molecule has 2 rings (SSSR count). The van der Waals surface area contributed by atoms with E-state index in [1.807, 2.05) is 13.8 Å². The lowest BCUT2D eigenvalue weighted by molar-refractivity contribution is -0.120. The van der Waals surface area contributed by atoms with Crippen molar-refractivity contribution in [3.8, 4) is 0 Å². The van der Waals surface area contributed by atoms with E-state index in [2.05, 4.69) is 10.6 Å². The molecule has 2 amide bonds. The van der Waals surface area contributed by atoms with Crippen LogP contribution in [0.4, 0.5) is 4.79 Å². The maximum absolute atomic E-state index is 13.6. The molecule has 1 heterocycles. The number of hydrogen-bond donors (Lipinski definition) is 4. The van der Waals surface area contributed by atoms with Crippen molar-refractivity contribution in [2.75, 3.05) is 34.5 Å². The predicted molar refractivity (Wildman–Crippen MR) is 160 cm³/mol. The number of nitrogens with two attached hydrogens (primary N) is 1. The van der Waals surface area contributed by atoms with Crippen LogP contribution in [0.3, 0.4) is 0 Å². The number of carbonyl (C=O) groups is 4. The lowest BCUT2D eigenvalue weighted by atomic mass is 9.85. The summed E-state index contributed by atoms with van der Waals surface area (Å²) in [6.07, 6.45) is 1.93. The topological polar surface area (TPSA) is 176 Å². The van der Waals surface area contributed by atoms with Gasteiger partial charge in [-0.1, -0.05) is 26.0 Å². The van der Waals surface area contributed by atoms with Crippen LogP contribution in [0.25, 0.3) is 0 Å². The molecule has 2 aliphatic rings. The third-order valence-electron chi connectivity index (χ3n) is 7.73. The highest BCUT2D eigenvalue weighted by Crippen LogP contribution is 2.29. The molecule has 240 valence electrons. The molecule has 43 heavy (non-hydrogen) atoms. The zero-order valence-corrected chi connectivity index (χ0v) is 26.2. The fourth-order valence-electron chi connectivity index (χ4n) is 5.36. The first-order chi connectivity index (χ1) is 20.3. The van der Waals surface area contributed by atoms with Crippen LogP contribution >= 0.6 is 0 Å². The molecule has 2 bridgehead atoms. The van der Waals surface area contributed by atoms with Crippen LogP contribution in [-0.4, -0.2) is 87.6 Å². The van der Waals surface area contributed by atoms with Gasteiger partial charge in [-0.2, -0.15) is 0 Å². The van der Waals surface area contributed by atoms with Crippen molar-refractivity contribution in [1.82, 2.24) is 10.6 Å². The van der Waals surface area contributed by atoms with E-state index in [0.29, 0.717) is 43.6 Å². The third kappa shape index (κ3) is 10.1. The SMILES string of the molecule is COCCNC1=C2C[C@@H](C)C[C@H](OC)[C@H](O)[C@@H](C)/C=C(\C)[C@H](OC(N)=O)[C@@H](OC)CC/C=C(\C)C(=O)NC(=CC1=O)C2=O. The molecule has 0 aromatic heterocycles. The summed E-state index contributed by atoms with van der Waals surface area (Å²) < 4.78 is 21.8. The molecule has 0 radical (unpaired) electrons. The summed E-state index contributed by atoms with van der Waals surface area (Å²) in [6, 6.07) is 0. The highest BCUT2D eigenvalue weighted by molar-refractivity contribution is 6.23. The van der Waals surface area contributed by atoms with E-state index < -0.39 is 53.9 Å². The van der Waals surface area contributed by atoms with Gasteiger partial charge in [0, 0.05) is 51.0 Å². The number of primary amides is 1. The van der Waals surface area contributed by atoms with Crippen LogP contribution in [-0.2, 0) is 33.3 Å². The fourth-order valence-corrected chi connectivity index (χ4v) is 5.36. The summed E-state index contributed by atoms with van der Waals surface area (Å²) in [5, 5.41) is 16.9. The molecule has 0 spiro atoms. The molecular formula is C31H47N3O9. The number of rotatable bonds is 7. The first-order valence-corrected chi connectivity index (χ1v) is 14.5. The van der Waals surface area contributed by atoms with E-state index in [1.165, 1.54) is 21.3 Å². The third-order valence-corrected chi connectivity index (χ3v) is 7.73. The summed E-state index contributed by atoms with van der Waals surface area (Å²) in [7, 11) is 4.51. The Morgan fingerprint density at radius 1 is 1.12 bits per heavy atom. The van der Waals surface area contributed by atoms with Crippen LogP contribution in [0.1, 0.15) is 53.4 Å². The summed E-state index contributed by atoms with van der Waals surface area (Å²) in [6.45, 7) is 7.72. The molecular weight excluding hydrogens is 558 g/mol. The minimum atomic E-state index is -0.968. The summed E-state index contributed by atoms with van der Waals surface area (Å²) in [5.41, 5.74) is 6.63. The van der Waals surface area contributed by atoms with Gasteiger partial charge in [-0.25, -0.2) is 4.79 Å². The van der Waals surface area contributed by atoms with Crippen LogP contribution in [0.5, 0.6) is 0 Å². The fraction of sp³-hybridized carbons (Fsp3) is 0.613. The molecule has 0 saturated heterocycles. The minimum absolute atomic E-state index is 0.110. The van der Waals surface area contributed by atoms with E-state index in [9.17, 15) is 24.3 Å². The second kappa shape index (κ2) is 17.1. The average molecular weight is 606 g/mol. The quantitative estimate of drug-likeness (QED) is 0.191. The van der Waals surface area contributed by atoms with Crippen molar-refractivity contribution in [3.63, 3.8) is 0 Å². The van der Waals surface area contributed by atoms with E-state index in [0.717, 1.165) is 6.08 Å². The highest BCUT2D eigenvalue weighted by atomic mass is 16.6. The minimum Gasteiger partial charge on any atom is -0.439 e. The van der Waals surface area contributed by atoms with Gasteiger partial charge in [-0.3, -0.25) is 14.4 Å². The number of hydrogen-bond acceptors (Lipinski definition) is 10. The summed E-state index contributed by atoms with van der Waals surface area (Å²) in [4.78, 5) is 51.6. The molecule has 0 aromatic carbocycles. The van der Waals surface area contributed by atoms with Gasteiger partial charge < -0.3 is 40.4 Å². The number of carbonyl (C=O) groups excluding carboxylic acids is 4. The number of aliphatic hydroxyl groups excluding tert-OH is 1. The number of ketones is 2. The number of ether oxygens (including phenoxy) is 4. The number of amides is 2. The van der Waals surface area contributed by atoms with Gasteiger partial charge in [0.25, 0.3) is 5.91 Å². The molecule has 0 unspecified atom stereocenters. The Labute approximate surface area is 253 Å². The molecule has 6 atom stereocenters. The van der Waals surface area contributed by atoms with Crippen LogP contribution in [0, 0.1) is 11.8 Å². The highest BCUT2D eigenvalue weighted by Gasteiger charge is 2.33.